The quantitative estimate of drug-likeness (QED) is 0.744. The van der Waals surface area contributed by atoms with Gasteiger partial charge in [0.05, 0.1) is 11.2 Å². The largest absolute Gasteiger partial charge is 0.298 e. The second kappa shape index (κ2) is 7.71. The van der Waals surface area contributed by atoms with Crippen molar-refractivity contribution in [2.45, 2.75) is 52.1 Å². The van der Waals surface area contributed by atoms with Crippen molar-refractivity contribution < 1.29 is 0 Å². The fourth-order valence-corrected chi connectivity index (χ4v) is 4.39. The van der Waals surface area contributed by atoms with Crippen LogP contribution in [0.15, 0.2) is 22.5 Å². The second-order valence-corrected chi connectivity index (χ2v) is 7.68. The summed E-state index contributed by atoms with van der Waals surface area (Å²) in [5.74, 6) is 0.855. The maximum absolute atomic E-state index is 4.46. The van der Waals surface area contributed by atoms with Crippen molar-refractivity contribution in [1.29, 1.82) is 0 Å². The Kier molecular flexibility index (Phi) is 5.66. The van der Waals surface area contributed by atoms with Gasteiger partial charge >= 0.3 is 0 Å². The number of rotatable bonds is 6. The number of allylic oxidation sites excluding steroid dienone is 1. The first-order valence-electron chi connectivity index (χ1n) is 8.73. The maximum Gasteiger partial charge on any atom is 0.0795 e. The number of aromatic nitrogens is 1. The van der Waals surface area contributed by atoms with Gasteiger partial charge in [0.15, 0.2) is 0 Å². The van der Waals surface area contributed by atoms with Gasteiger partial charge < -0.3 is 0 Å². The highest BCUT2D eigenvalue weighted by molar-refractivity contribution is 7.07. The average molecular weight is 320 g/mol. The van der Waals surface area contributed by atoms with Crippen molar-refractivity contribution in [3.63, 3.8) is 0 Å². The fraction of sp³-hybridized carbons (Fsp3) is 0.722. The van der Waals surface area contributed by atoms with Gasteiger partial charge in [-0.1, -0.05) is 18.6 Å². The molecule has 0 amide bonds. The van der Waals surface area contributed by atoms with Crippen LogP contribution >= 0.6 is 11.3 Å². The summed E-state index contributed by atoms with van der Waals surface area (Å²) in [5, 5.41) is 2.20. The zero-order valence-electron chi connectivity index (χ0n) is 14.0. The smallest absolute Gasteiger partial charge is 0.0795 e. The van der Waals surface area contributed by atoms with Crippen molar-refractivity contribution in [3.8, 4) is 0 Å². The predicted molar refractivity (Wildman–Crippen MR) is 94.1 cm³/mol. The molecule has 2 atom stereocenters. The van der Waals surface area contributed by atoms with Crippen LogP contribution in [0.25, 0.3) is 0 Å². The van der Waals surface area contributed by atoms with E-state index >= 15 is 0 Å². The van der Waals surface area contributed by atoms with Crippen molar-refractivity contribution in [2.24, 2.45) is 5.92 Å². The summed E-state index contributed by atoms with van der Waals surface area (Å²) in [5.41, 5.74) is 4.74. The Balaban J connectivity index is 1.56. The van der Waals surface area contributed by atoms with Gasteiger partial charge in [-0.3, -0.25) is 9.80 Å². The summed E-state index contributed by atoms with van der Waals surface area (Å²) >= 11 is 1.71. The van der Waals surface area contributed by atoms with Gasteiger partial charge in [-0.25, -0.2) is 4.98 Å². The minimum absolute atomic E-state index is 0.757. The van der Waals surface area contributed by atoms with E-state index in [-0.39, 0.29) is 0 Å². The van der Waals surface area contributed by atoms with E-state index in [9.17, 15) is 0 Å². The molecule has 0 N–H and O–H groups in total. The number of fused-ring (bicyclic) bond motifs is 4. The van der Waals surface area contributed by atoms with Gasteiger partial charge in [0.25, 0.3) is 0 Å². The molecule has 0 saturated carbocycles. The molecule has 0 radical (unpaired) electrons. The Morgan fingerprint density at radius 2 is 2.27 bits per heavy atom. The summed E-state index contributed by atoms with van der Waals surface area (Å²) in [7, 11) is 0. The molecular weight excluding hydrogens is 290 g/mol. The molecule has 2 bridgehead atoms. The normalized spacial score (nSPS) is 27.3. The van der Waals surface area contributed by atoms with Gasteiger partial charge in [-0.2, -0.15) is 0 Å². The maximum atomic E-state index is 4.46. The monoisotopic (exact) mass is 319 g/mol. The first kappa shape index (κ1) is 16.2. The number of nitrogens with zero attached hydrogens (tertiary/aromatic N) is 3. The molecule has 22 heavy (non-hydrogen) atoms. The van der Waals surface area contributed by atoms with Crippen LogP contribution in [0.2, 0.25) is 0 Å². The van der Waals surface area contributed by atoms with Crippen LogP contribution in [0.4, 0.5) is 0 Å². The van der Waals surface area contributed by atoms with Crippen LogP contribution in [0.1, 0.15) is 45.2 Å². The molecular formula is C18H29N3S. The lowest BCUT2D eigenvalue weighted by atomic mass is 9.95. The Bertz CT molecular complexity index is 483. The van der Waals surface area contributed by atoms with Crippen LogP contribution in [-0.2, 0) is 6.54 Å². The van der Waals surface area contributed by atoms with Gasteiger partial charge in [0, 0.05) is 44.1 Å². The topological polar surface area (TPSA) is 19.4 Å². The third-order valence-corrected chi connectivity index (χ3v) is 5.87. The highest BCUT2D eigenvalue weighted by atomic mass is 32.1. The molecule has 0 aromatic carbocycles. The predicted octanol–water partition coefficient (Wildman–Crippen LogP) is 3.79. The molecule has 1 aromatic heterocycles. The molecule has 4 heteroatoms. The summed E-state index contributed by atoms with van der Waals surface area (Å²) in [6.07, 6.45) is 7.64. The standard InChI is InChI=1S/C18H29N3S/c1-3-15(2)5-4-8-21-10-16-6-7-18(21)12-20(9-16)11-17-13-22-14-19-17/h5,13-14,16,18H,3-4,6-12H2,1-2H3/b15-5+/t16-,18+/m0/s1. The molecule has 0 spiro atoms. The third-order valence-electron chi connectivity index (χ3n) is 5.24. The Labute approximate surface area is 139 Å². The summed E-state index contributed by atoms with van der Waals surface area (Å²) in [4.78, 5) is 9.87. The van der Waals surface area contributed by atoms with E-state index in [2.05, 4.69) is 40.1 Å². The van der Waals surface area contributed by atoms with Crippen LogP contribution < -0.4 is 0 Å². The minimum Gasteiger partial charge on any atom is -0.298 e. The highest BCUT2D eigenvalue weighted by Gasteiger charge is 2.34. The zero-order chi connectivity index (χ0) is 15.4. The Morgan fingerprint density at radius 3 is 3.05 bits per heavy atom. The van der Waals surface area contributed by atoms with Crippen LogP contribution in [0, 0.1) is 5.92 Å². The number of piperidine rings is 1. The number of hydrogen-bond acceptors (Lipinski definition) is 4. The molecule has 4 rings (SSSR count). The number of thiazole rings is 1. The molecule has 0 unspecified atom stereocenters. The molecule has 3 fully saturated rings. The van der Waals surface area contributed by atoms with Crippen molar-refractivity contribution in [2.75, 3.05) is 26.2 Å². The van der Waals surface area contributed by atoms with E-state index < -0.39 is 0 Å². The molecule has 3 saturated heterocycles. The lowest BCUT2D eigenvalue weighted by Gasteiger charge is -2.36. The fourth-order valence-electron chi connectivity index (χ4n) is 3.84. The van der Waals surface area contributed by atoms with E-state index in [1.165, 1.54) is 63.1 Å². The SMILES string of the molecule is CC/C(C)=C/CCN1C[C@H]2CC[C@@H]1CN(Cc1cscn1)C2. The minimum atomic E-state index is 0.757. The Morgan fingerprint density at radius 1 is 1.36 bits per heavy atom. The molecule has 0 aliphatic carbocycles. The molecule has 122 valence electrons. The molecule has 3 aliphatic rings. The summed E-state index contributed by atoms with van der Waals surface area (Å²) in [6.45, 7) is 10.6. The first-order valence-corrected chi connectivity index (χ1v) is 9.68. The zero-order valence-corrected chi connectivity index (χ0v) is 14.8. The summed E-state index contributed by atoms with van der Waals surface area (Å²) in [6, 6.07) is 0.757. The van der Waals surface area contributed by atoms with Crippen molar-refractivity contribution >= 4 is 11.3 Å². The number of hydrogen-bond donors (Lipinski definition) is 0. The van der Waals surface area contributed by atoms with Gasteiger partial charge in [0.2, 0.25) is 0 Å². The van der Waals surface area contributed by atoms with Gasteiger partial charge in [-0.15, -0.1) is 11.3 Å². The highest BCUT2D eigenvalue weighted by Crippen LogP contribution is 2.28. The molecule has 3 nitrogen and oxygen atoms in total. The van der Waals surface area contributed by atoms with E-state index in [1.54, 1.807) is 11.3 Å². The lowest BCUT2D eigenvalue weighted by Crippen LogP contribution is -2.44. The van der Waals surface area contributed by atoms with E-state index in [0.717, 1.165) is 18.5 Å². The van der Waals surface area contributed by atoms with Crippen LogP contribution in [0.3, 0.4) is 0 Å². The van der Waals surface area contributed by atoms with Gasteiger partial charge in [0.1, 0.15) is 0 Å². The van der Waals surface area contributed by atoms with E-state index in [1.807, 2.05) is 5.51 Å². The average Bonchev–Trinajstić information content (AvgIpc) is 2.87. The third kappa shape index (κ3) is 4.18. The molecule has 3 aliphatic heterocycles. The van der Waals surface area contributed by atoms with Crippen molar-refractivity contribution in [3.05, 3.63) is 28.2 Å². The Hall–Kier alpha value is -0.710. The molecule has 4 heterocycles. The first-order chi connectivity index (χ1) is 10.7. The van der Waals surface area contributed by atoms with E-state index in [0.29, 0.717) is 0 Å². The second-order valence-electron chi connectivity index (χ2n) is 6.96. The van der Waals surface area contributed by atoms with Gasteiger partial charge in [-0.05, 0) is 38.5 Å². The van der Waals surface area contributed by atoms with Crippen LogP contribution in [-0.4, -0.2) is 47.0 Å². The summed E-state index contributed by atoms with van der Waals surface area (Å²) < 4.78 is 0. The lowest BCUT2D eigenvalue weighted by molar-refractivity contribution is 0.133. The van der Waals surface area contributed by atoms with Crippen molar-refractivity contribution in [1.82, 2.24) is 14.8 Å². The molecule has 1 aromatic rings. The van der Waals surface area contributed by atoms with Crippen LogP contribution in [0.5, 0.6) is 0 Å². The van der Waals surface area contributed by atoms with E-state index in [4.69, 9.17) is 0 Å².